The number of nitrogens with zero attached hydrogens (tertiary/aromatic N) is 6. The molecule has 0 unspecified atom stereocenters. The van der Waals surface area contributed by atoms with Crippen molar-refractivity contribution in [3.8, 4) is 0 Å². The first-order valence-electron chi connectivity index (χ1n) is 6.10. The molecule has 0 radical (unpaired) electrons. The van der Waals surface area contributed by atoms with E-state index in [-0.39, 0.29) is 6.54 Å². The van der Waals surface area contributed by atoms with Gasteiger partial charge in [0.2, 0.25) is 11.8 Å². The van der Waals surface area contributed by atoms with Crippen LogP contribution in [0.25, 0.3) is 0 Å². The lowest BCUT2D eigenvalue weighted by atomic mass is 10.1. The molecule has 1 aromatic carbocycles. The molecule has 0 N–H and O–H groups in total. The summed E-state index contributed by atoms with van der Waals surface area (Å²) < 4.78 is 5.26. The number of hydrogen-bond acceptors (Lipinski definition) is 6. The Bertz CT molecular complexity index is 769. The Hall–Kier alpha value is -1.99. The number of halogens is 2. The second kappa shape index (κ2) is 5.79. The van der Waals surface area contributed by atoms with Crippen LogP contribution in [0.5, 0.6) is 0 Å². The van der Waals surface area contributed by atoms with Gasteiger partial charge in [-0.2, -0.15) is 4.80 Å². The molecule has 0 atom stereocenters. The zero-order valence-electron chi connectivity index (χ0n) is 11.0. The molecule has 2 aromatic heterocycles. The van der Waals surface area contributed by atoms with Crippen molar-refractivity contribution in [1.29, 1.82) is 0 Å². The standard InChI is InChI=1S/C12H10Cl2N6O/c1-7-15-17-12(21-7)6-20-18-11(16-19-20)5-8-2-3-9(13)10(14)4-8/h2-4H,5-6H2,1H3. The van der Waals surface area contributed by atoms with E-state index in [2.05, 4.69) is 25.6 Å². The van der Waals surface area contributed by atoms with Gasteiger partial charge in [0.05, 0.1) is 10.0 Å². The molecule has 7 nitrogen and oxygen atoms in total. The van der Waals surface area contributed by atoms with Gasteiger partial charge in [-0.25, -0.2) is 0 Å². The van der Waals surface area contributed by atoms with Crippen LogP contribution >= 0.6 is 23.2 Å². The quantitative estimate of drug-likeness (QED) is 0.732. The summed E-state index contributed by atoms with van der Waals surface area (Å²) in [6.07, 6.45) is 0.514. The fourth-order valence-electron chi connectivity index (χ4n) is 1.77. The molecule has 3 rings (SSSR count). The van der Waals surface area contributed by atoms with Crippen molar-refractivity contribution in [2.24, 2.45) is 0 Å². The molecule has 0 aliphatic heterocycles. The maximum absolute atomic E-state index is 5.97. The summed E-state index contributed by atoms with van der Waals surface area (Å²) in [5.74, 6) is 1.51. The number of tetrazole rings is 1. The Labute approximate surface area is 129 Å². The van der Waals surface area contributed by atoms with Gasteiger partial charge in [-0.05, 0) is 22.9 Å². The molecule has 108 valence electrons. The summed E-state index contributed by atoms with van der Waals surface area (Å²) in [4.78, 5) is 1.40. The Balaban J connectivity index is 1.71. The summed E-state index contributed by atoms with van der Waals surface area (Å²) in [5, 5.41) is 20.8. The molecule has 0 aliphatic carbocycles. The molecule has 0 amide bonds. The summed E-state index contributed by atoms with van der Waals surface area (Å²) in [7, 11) is 0. The number of rotatable bonds is 4. The molecule has 0 saturated heterocycles. The molecule has 2 heterocycles. The van der Waals surface area contributed by atoms with Crippen molar-refractivity contribution in [2.75, 3.05) is 0 Å². The van der Waals surface area contributed by atoms with Crippen LogP contribution in [0.4, 0.5) is 0 Å². The molecule has 0 bridgehead atoms. The normalized spacial score (nSPS) is 11.0. The van der Waals surface area contributed by atoms with Crippen LogP contribution in [0.3, 0.4) is 0 Å². The summed E-state index contributed by atoms with van der Waals surface area (Å²) in [6, 6.07) is 5.40. The van der Waals surface area contributed by atoms with Crippen LogP contribution in [0.2, 0.25) is 10.0 Å². The van der Waals surface area contributed by atoms with Crippen molar-refractivity contribution in [2.45, 2.75) is 19.9 Å². The number of aryl methyl sites for hydroxylation is 1. The van der Waals surface area contributed by atoms with Gasteiger partial charge >= 0.3 is 0 Å². The lowest BCUT2D eigenvalue weighted by Gasteiger charge is -1.99. The highest BCUT2D eigenvalue weighted by atomic mass is 35.5. The molecule has 0 aliphatic rings. The van der Waals surface area contributed by atoms with Crippen LogP contribution in [-0.2, 0) is 13.0 Å². The van der Waals surface area contributed by atoms with E-state index in [4.69, 9.17) is 27.6 Å². The van der Waals surface area contributed by atoms with Crippen molar-refractivity contribution >= 4 is 23.2 Å². The topological polar surface area (TPSA) is 82.5 Å². The first-order valence-corrected chi connectivity index (χ1v) is 6.85. The van der Waals surface area contributed by atoms with Gasteiger partial charge in [-0.3, -0.25) is 0 Å². The van der Waals surface area contributed by atoms with E-state index in [9.17, 15) is 0 Å². The Kier molecular flexibility index (Phi) is 3.85. The average Bonchev–Trinajstić information content (AvgIpc) is 3.04. The fourth-order valence-corrected chi connectivity index (χ4v) is 2.09. The monoisotopic (exact) mass is 324 g/mol. The van der Waals surface area contributed by atoms with Gasteiger partial charge in [0.15, 0.2) is 5.82 Å². The molecule has 21 heavy (non-hydrogen) atoms. The summed E-state index contributed by atoms with van der Waals surface area (Å²) in [5.41, 5.74) is 0.956. The highest BCUT2D eigenvalue weighted by Crippen LogP contribution is 2.23. The third kappa shape index (κ3) is 3.37. The van der Waals surface area contributed by atoms with Crippen LogP contribution in [0.15, 0.2) is 22.6 Å². The summed E-state index contributed by atoms with van der Waals surface area (Å²) in [6.45, 7) is 2.01. The minimum absolute atomic E-state index is 0.287. The smallest absolute Gasteiger partial charge is 0.239 e. The first kappa shape index (κ1) is 14.0. The first-order chi connectivity index (χ1) is 10.1. The van der Waals surface area contributed by atoms with Crippen LogP contribution in [0.1, 0.15) is 23.2 Å². The largest absolute Gasteiger partial charge is 0.423 e. The molecule has 3 aromatic rings. The molecule has 0 spiro atoms. The van der Waals surface area contributed by atoms with Crippen LogP contribution in [-0.4, -0.2) is 30.4 Å². The van der Waals surface area contributed by atoms with E-state index in [1.54, 1.807) is 19.1 Å². The minimum atomic E-state index is 0.287. The Morgan fingerprint density at radius 3 is 2.71 bits per heavy atom. The fraction of sp³-hybridized carbons (Fsp3) is 0.250. The maximum atomic E-state index is 5.97. The predicted octanol–water partition coefficient (Wildman–Crippen LogP) is 2.31. The van der Waals surface area contributed by atoms with Gasteiger partial charge in [0.1, 0.15) is 6.54 Å². The second-order valence-corrected chi connectivity index (χ2v) is 5.19. The van der Waals surface area contributed by atoms with E-state index < -0.39 is 0 Å². The Morgan fingerprint density at radius 2 is 2.00 bits per heavy atom. The molecule has 0 saturated carbocycles. The molecule has 0 fully saturated rings. The van der Waals surface area contributed by atoms with Crippen molar-refractivity contribution in [3.63, 3.8) is 0 Å². The van der Waals surface area contributed by atoms with Crippen LogP contribution < -0.4 is 0 Å². The van der Waals surface area contributed by atoms with Crippen LogP contribution in [0, 0.1) is 6.92 Å². The van der Waals surface area contributed by atoms with E-state index in [1.807, 2.05) is 6.07 Å². The highest BCUT2D eigenvalue weighted by molar-refractivity contribution is 6.42. The maximum Gasteiger partial charge on any atom is 0.239 e. The molecular formula is C12H10Cl2N6O. The van der Waals surface area contributed by atoms with Crippen molar-refractivity contribution in [3.05, 3.63) is 51.4 Å². The Morgan fingerprint density at radius 1 is 1.14 bits per heavy atom. The highest BCUT2D eigenvalue weighted by Gasteiger charge is 2.09. The number of aromatic nitrogens is 6. The van der Waals surface area contributed by atoms with Gasteiger partial charge in [-0.1, -0.05) is 29.3 Å². The minimum Gasteiger partial charge on any atom is -0.423 e. The third-order valence-corrected chi connectivity index (χ3v) is 3.42. The zero-order valence-corrected chi connectivity index (χ0v) is 12.5. The molecular weight excluding hydrogens is 315 g/mol. The van der Waals surface area contributed by atoms with E-state index in [0.717, 1.165) is 5.56 Å². The van der Waals surface area contributed by atoms with Gasteiger partial charge < -0.3 is 4.42 Å². The van der Waals surface area contributed by atoms with E-state index in [1.165, 1.54) is 4.80 Å². The van der Waals surface area contributed by atoms with Gasteiger partial charge in [-0.15, -0.1) is 20.4 Å². The lowest BCUT2D eigenvalue weighted by Crippen LogP contribution is -2.04. The number of hydrogen-bond donors (Lipinski definition) is 0. The third-order valence-electron chi connectivity index (χ3n) is 2.69. The number of benzene rings is 1. The van der Waals surface area contributed by atoms with E-state index in [0.29, 0.717) is 34.1 Å². The van der Waals surface area contributed by atoms with E-state index >= 15 is 0 Å². The molecule has 9 heteroatoms. The lowest BCUT2D eigenvalue weighted by molar-refractivity contribution is 0.423. The predicted molar refractivity (Wildman–Crippen MR) is 75.2 cm³/mol. The van der Waals surface area contributed by atoms with Crippen molar-refractivity contribution < 1.29 is 4.42 Å². The van der Waals surface area contributed by atoms with Gasteiger partial charge in [0, 0.05) is 13.3 Å². The van der Waals surface area contributed by atoms with Gasteiger partial charge in [0.25, 0.3) is 0 Å². The average molecular weight is 325 g/mol. The van der Waals surface area contributed by atoms with Crippen molar-refractivity contribution in [1.82, 2.24) is 30.4 Å². The SMILES string of the molecule is Cc1nnc(Cn2nnc(Cc3ccc(Cl)c(Cl)c3)n2)o1. The summed E-state index contributed by atoms with van der Waals surface area (Å²) >= 11 is 11.9. The second-order valence-electron chi connectivity index (χ2n) is 4.38. The zero-order chi connectivity index (χ0) is 14.8.